The van der Waals surface area contributed by atoms with E-state index in [1.54, 1.807) is 19.2 Å². The zero-order chi connectivity index (χ0) is 13.9. The van der Waals surface area contributed by atoms with Crippen molar-refractivity contribution in [3.05, 3.63) is 22.8 Å². The van der Waals surface area contributed by atoms with E-state index in [1.165, 1.54) is 19.3 Å². The molecule has 0 bridgehead atoms. The number of nitrogens with one attached hydrogen (secondary N) is 2. The third-order valence-corrected chi connectivity index (χ3v) is 3.88. The lowest BCUT2D eigenvalue weighted by atomic mass is 9.83. The Kier molecular flexibility index (Phi) is 4.30. The fourth-order valence-electron chi connectivity index (χ4n) is 2.56. The van der Waals surface area contributed by atoms with Gasteiger partial charge in [-0.1, -0.05) is 30.9 Å². The highest BCUT2D eigenvalue weighted by Crippen LogP contribution is 2.28. The van der Waals surface area contributed by atoms with Crippen LogP contribution in [0.5, 0.6) is 0 Å². The SMILES string of the molecule is CNc1cc(C(=O)NC2(C)CCCCC2)cc(Cl)n1. The van der Waals surface area contributed by atoms with E-state index in [0.29, 0.717) is 16.5 Å². The lowest BCUT2D eigenvalue weighted by molar-refractivity contribution is 0.0882. The summed E-state index contributed by atoms with van der Waals surface area (Å²) in [5, 5.41) is 6.36. The van der Waals surface area contributed by atoms with Gasteiger partial charge in [-0.3, -0.25) is 4.79 Å². The maximum absolute atomic E-state index is 12.3. The maximum atomic E-state index is 12.3. The summed E-state index contributed by atoms with van der Waals surface area (Å²) < 4.78 is 0. The summed E-state index contributed by atoms with van der Waals surface area (Å²) in [6.07, 6.45) is 5.69. The number of halogens is 1. The van der Waals surface area contributed by atoms with Gasteiger partial charge in [-0.05, 0) is 31.9 Å². The van der Waals surface area contributed by atoms with Crippen molar-refractivity contribution < 1.29 is 4.79 Å². The molecule has 104 valence electrons. The molecule has 19 heavy (non-hydrogen) atoms. The number of rotatable bonds is 3. The van der Waals surface area contributed by atoms with E-state index in [1.807, 2.05) is 0 Å². The summed E-state index contributed by atoms with van der Waals surface area (Å²) in [5.74, 6) is 0.525. The molecule has 1 heterocycles. The van der Waals surface area contributed by atoms with Gasteiger partial charge in [0, 0.05) is 18.2 Å². The highest BCUT2D eigenvalue weighted by molar-refractivity contribution is 6.29. The van der Waals surface area contributed by atoms with Crippen LogP contribution in [0, 0.1) is 0 Å². The summed E-state index contributed by atoms with van der Waals surface area (Å²) in [6, 6.07) is 3.32. The lowest BCUT2D eigenvalue weighted by Gasteiger charge is -2.34. The summed E-state index contributed by atoms with van der Waals surface area (Å²) in [4.78, 5) is 16.4. The van der Waals surface area contributed by atoms with Crippen LogP contribution in [0.3, 0.4) is 0 Å². The van der Waals surface area contributed by atoms with E-state index in [4.69, 9.17) is 11.6 Å². The van der Waals surface area contributed by atoms with Gasteiger partial charge in [-0.25, -0.2) is 4.98 Å². The number of pyridine rings is 1. The molecule has 0 aliphatic heterocycles. The first-order valence-electron chi connectivity index (χ1n) is 6.70. The van der Waals surface area contributed by atoms with Crippen LogP contribution in [0.15, 0.2) is 12.1 Å². The molecule has 1 aromatic heterocycles. The topological polar surface area (TPSA) is 54.0 Å². The quantitative estimate of drug-likeness (QED) is 0.837. The van der Waals surface area contributed by atoms with Crippen molar-refractivity contribution in [2.24, 2.45) is 0 Å². The Balaban J connectivity index is 2.13. The van der Waals surface area contributed by atoms with Crippen LogP contribution in [0.4, 0.5) is 5.82 Å². The van der Waals surface area contributed by atoms with Crippen LogP contribution in [0.1, 0.15) is 49.4 Å². The molecule has 1 saturated carbocycles. The van der Waals surface area contributed by atoms with Gasteiger partial charge in [0.25, 0.3) is 5.91 Å². The van der Waals surface area contributed by atoms with Crippen molar-refractivity contribution in [2.75, 3.05) is 12.4 Å². The Morgan fingerprint density at radius 3 is 2.63 bits per heavy atom. The predicted molar refractivity (Wildman–Crippen MR) is 77.7 cm³/mol. The third-order valence-electron chi connectivity index (χ3n) is 3.68. The molecule has 5 heteroatoms. The Morgan fingerprint density at radius 1 is 1.32 bits per heavy atom. The van der Waals surface area contributed by atoms with Gasteiger partial charge in [0.15, 0.2) is 0 Å². The minimum Gasteiger partial charge on any atom is -0.373 e. The second-order valence-electron chi connectivity index (χ2n) is 5.39. The summed E-state index contributed by atoms with van der Waals surface area (Å²) in [7, 11) is 1.75. The van der Waals surface area contributed by atoms with Crippen LogP contribution in [0.2, 0.25) is 5.15 Å². The lowest BCUT2D eigenvalue weighted by Crippen LogP contribution is -2.47. The standard InChI is InChI=1S/C14H20ClN3O/c1-14(6-4-3-5-7-14)18-13(19)10-8-11(15)17-12(9-10)16-2/h8-9H,3-7H2,1-2H3,(H,16,17)(H,18,19). The van der Waals surface area contributed by atoms with Crippen LogP contribution in [-0.4, -0.2) is 23.5 Å². The highest BCUT2D eigenvalue weighted by Gasteiger charge is 2.28. The van der Waals surface area contributed by atoms with Crippen molar-refractivity contribution in [3.63, 3.8) is 0 Å². The van der Waals surface area contributed by atoms with Gasteiger partial charge in [-0.2, -0.15) is 0 Å². The van der Waals surface area contributed by atoms with E-state index in [0.717, 1.165) is 12.8 Å². The van der Waals surface area contributed by atoms with Gasteiger partial charge in [-0.15, -0.1) is 0 Å². The fraction of sp³-hybridized carbons (Fsp3) is 0.571. The first-order chi connectivity index (χ1) is 9.02. The molecule has 0 spiro atoms. The monoisotopic (exact) mass is 281 g/mol. The number of hydrogen-bond acceptors (Lipinski definition) is 3. The van der Waals surface area contributed by atoms with E-state index >= 15 is 0 Å². The van der Waals surface area contributed by atoms with Gasteiger partial charge in [0.2, 0.25) is 0 Å². The predicted octanol–water partition coefficient (Wildman–Crippen LogP) is 3.23. The third kappa shape index (κ3) is 3.60. The number of carbonyl (C=O) groups excluding carboxylic acids is 1. The van der Waals surface area contributed by atoms with Crippen LogP contribution in [0.25, 0.3) is 0 Å². The number of anilines is 1. The first-order valence-corrected chi connectivity index (χ1v) is 7.08. The molecule has 2 rings (SSSR count). The van der Waals surface area contributed by atoms with Crippen LogP contribution in [-0.2, 0) is 0 Å². The molecular formula is C14H20ClN3O. The molecule has 0 aromatic carbocycles. The van der Waals surface area contributed by atoms with Gasteiger partial charge in [0.05, 0.1) is 0 Å². The van der Waals surface area contributed by atoms with Gasteiger partial charge in [0.1, 0.15) is 11.0 Å². The minimum absolute atomic E-state index is 0.0785. The first kappa shape index (κ1) is 14.1. The Labute approximate surface area is 118 Å². The second kappa shape index (κ2) is 5.78. The minimum atomic E-state index is -0.0924. The number of hydrogen-bond donors (Lipinski definition) is 2. The molecule has 1 amide bonds. The zero-order valence-electron chi connectivity index (χ0n) is 11.4. The largest absolute Gasteiger partial charge is 0.373 e. The fourth-order valence-corrected chi connectivity index (χ4v) is 2.77. The van der Waals surface area contributed by atoms with Gasteiger partial charge < -0.3 is 10.6 Å². The Hall–Kier alpha value is -1.29. The normalized spacial score (nSPS) is 17.8. The van der Waals surface area contributed by atoms with Gasteiger partial charge >= 0.3 is 0 Å². The average molecular weight is 282 g/mol. The number of carbonyl (C=O) groups is 1. The average Bonchev–Trinajstić information content (AvgIpc) is 2.38. The molecule has 0 unspecified atom stereocenters. The number of amides is 1. The van der Waals surface area contributed by atoms with E-state index < -0.39 is 0 Å². The van der Waals surface area contributed by atoms with Crippen molar-refractivity contribution in [1.29, 1.82) is 0 Å². The molecule has 1 aromatic rings. The van der Waals surface area contributed by atoms with Crippen LogP contribution >= 0.6 is 11.6 Å². The molecule has 4 nitrogen and oxygen atoms in total. The molecule has 1 aliphatic carbocycles. The molecule has 1 fully saturated rings. The summed E-state index contributed by atoms with van der Waals surface area (Å²) >= 11 is 5.92. The van der Waals surface area contributed by atoms with Crippen LogP contribution < -0.4 is 10.6 Å². The Bertz CT molecular complexity index is 470. The molecule has 0 atom stereocenters. The molecule has 0 saturated heterocycles. The number of aromatic nitrogens is 1. The summed E-state index contributed by atoms with van der Waals surface area (Å²) in [5.41, 5.74) is 0.460. The summed E-state index contributed by atoms with van der Waals surface area (Å²) in [6.45, 7) is 2.12. The molecule has 1 aliphatic rings. The highest BCUT2D eigenvalue weighted by atomic mass is 35.5. The maximum Gasteiger partial charge on any atom is 0.251 e. The van der Waals surface area contributed by atoms with E-state index in [-0.39, 0.29) is 11.4 Å². The Morgan fingerprint density at radius 2 is 2.00 bits per heavy atom. The van der Waals surface area contributed by atoms with Crippen molar-refractivity contribution >= 4 is 23.3 Å². The van der Waals surface area contributed by atoms with E-state index in [9.17, 15) is 4.79 Å². The zero-order valence-corrected chi connectivity index (χ0v) is 12.2. The molecular weight excluding hydrogens is 262 g/mol. The molecule has 2 N–H and O–H groups in total. The van der Waals surface area contributed by atoms with E-state index in [2.05, 4.69) is 22.5 Å². The van der Waals surface area contributed by atoms with Crippen molar-refractivity contribution in [2.45, 2.75) is 44.6 Å². The van der Waals surface area contributed by atoms with Crippen molar-refractivity contribution in [1.82, 2.24) is 10.3 Å². The second-order valence-corrected chi connectivity index (χ2v) is 5.78. The molecule has 0 radical (unpaired) electrons. The number of nitrogens with zero attached hydrogens (tertiary/aromatic N) is 1. The smallest absolute Gasteiger partial charge is 0.251 e. The van der Waals surface area contributed by atoms with Crippen molar-refractivity contribution in [3.8, 4) is 0 Å².